The van der Waals surface area contributed by atoms with Crippen LogP contribution >= 0.6 is 0 Å². The molecule has 0 atom stereocenters. The first-order chi connectivity index (χ1) is 9.38. The van der Waals surface area contributed by atoms with Crippen LogP contribution < -0.4 is 15.3 Å². The molecule has 0 amide bonds. The summed E-state index contributed by atoms with van der Waals surface area (Å²) in [7, 11) is 0. The average Bonchev–Trinajstić information content (AvgIpc) is 2.10. The molecule has 0 aromatic carbocycles. The van der Waals surface area contributed by atoms with Crippen LogP contribution in [-0.2, 0) is 33.9 Å². The second-order valence-corrected chi connectivity index (χ2v) is 4.10. The Labute approximate surface area is 144 Å². The molecule has 0 aliphatic carbocycles. The molecule has 7 heteroatoms. The number of hydrogen-bond acceptors (Lipinski definition) is 6. The van der Waals surface area contributed by atoms with Crippen LogP contribution in [-0.4, -0.2) is 17.3 Å². The van der Waals surface area contributed by atoms with Crippen LogP contribution in [0.25, 0.3) is 0 Å². The normalized spacial score (nSPS) is 10.9. The third-order valence-electron chi connectivity index (χ3n) is 1.22. The Bertz CT molecular complexity index is 368. The van der Waals surface area contributed by atoms with Gasteiger partial charge in [-0.2, -0.15) is 0 Å². The number of allylic oxidation sites excluding steroid dienone is 6. The minimum absolute atomic E-state index is 0. The fourth-order valence-electron chi connectivity index (χ4n) is 0.859. The van der Waals surface area contributed by atoms with E-state index in [9.17, 15) is 29.7 Å². The smallest absolute Gasteiger partial charge is 0.876 e. The Balaban J connectivity index is -0.000000108. The molecule has 0 saturated heterocycles. The summed E-state index contributed by atoms with van der Waals surface area (Å²) >= 11 is 0. The van der Waals surface area contributed by atoms with E-state index >= 15 is 0 Å². The number of ketones is 3. The van der Waals surface area contributed by atoms with Gasteiger partial charge < -0.3 is 15.3 Å². The van der Waals surface area contributed by atoms with E-state index in [1.807, 2.05) is 0 Å². The molecule has 0 fully saturated rings. The first-order valence-electron chi connectivity index (χ1n) is 5.96. The summed E-state index contributed by atoms with van der Waals surface area (Å²) in [6.07, 6.45) is 3.17. The van der Waals surface area contributed by atoms with Crippen LogP contribution in [0.3, 0.4) is 0 Å². The van der Waals surface area contributed by atoms with Crippen LogP contribution in [0.5, 0.6) is 0 Å². The zero-order valence-corrected chi connectivity index (χ0v) is 15.3. The van der Waals surface area contributed by atoms with Crippen molar-refractivity contribution in [1.29, 1.82) is 0 Å². The van der Waals surface area contributed by atoms with Crippen molar-refractivity contribution in [2.24, 2.45) is 0 Å². The van der Waals surface area contributed by atoms with Crippen molar-refractivity contribution in [1.82, 2.24) is 0 Å². The first kappa shape index (κ1) is 28.4. The summed E-state index contributed by atoms with van der Waals surface area (Å²) < 4.78 is 0. The number of carbonyl (C=O) groups is 3. The van der Waals surface area contributed by atoms with E-state index in [0.717, 1.165) is 18.2 Å². The molecule has 22 heavy (non-hydrogen) atoms. The molecular weight excluding hydrogens is 377 g/mol. The van der Waals surface area contributed by atoms with E-state index in [0.29, 0.717) is 0 Å². The monoisotopic (exact) mass is 399 g/mol. The Morgan fingerprint density at radius 1 is 0.545 bits per heavy atom. The van der Waals surface area contributed by atoms with Crippen LogP contribution in [0.4, 0.5) is 0 Å². The summed E-state index contributed by atoms with van der Waals surface area (Å²) in [5, 5.41) is 29.9. The molecule has 0 bridgehead atoms. The second kappa shape index (κ2) is 17.3. The molecule has 0 rings (SSSR count). The molecule has 0 saturated carbocycles. The van der Waals surface area contributed by atoms with Gasteiger partial charge in [-0.05, 0) is 39.0 Å². The average molecular weight is 398 g/mol. The Morgan fingerprint density at radius 3 is 0.682 bits per heavy atom. The standard InChI is InChI=1S/3C5H8O2.Ru/c3*1-4(6)3-5(2)7;/h3*3,6H,1-2H3;/q;;;+2/p-3/b3*4-3-;. The summed E-state index contributed by atoms with van der Waals surface area (Å²) in [5.41, 5.74) is 0. The Kier molecular flexibility index (Phi) is 22.4. The van der Waals surface area contributed by atoms with Crippen molar-refractivity contribution in [3.05, 3.63) is 35.5 Å². The van der Waals surface area contributed by atoms with Gasteiger partial charge in [0.05, 0.1) is 0 Å². The van der Waals surface area contributed by atoms with E-state index in [-0.39, 0.29) is 54.1 Å². The number of rotatable bonds is 3. The van der Waals surface area contributed by atoms with Gasteiger partial charge in [0, 0.05) is 0 Å². The van der Waals surface area contributed by atoms with E-state index in [4.69, 9.17) is 0 Å². The second-order valence-electron chi connectivity index (χ2n) is 4.10. The van der Waals surface area contributed by atoms with E-state index in [1.54, 1.807) is 0 Å². The van der Waals surface area contributed by atoms with Crippen LogP contribution in [0.15, 0.2) is 35.5 Å². The molecule has 0 heterocycles. The van der Waals surface area contributed by atoms with Crippen molar-refractivity contribution in [3.63, 3.8) is 0 Å². The molecule has 0 aromatic rings. The van der Waals surface area contributed by atoms with Gasteiger partial charge in [-0.15, -0.1) is 17.3 Å². The summed E-state index contributed by atoms with van der Waals surface area (Å²) in [5.74, 6) is -1.12. The van der Waals surface area contributed by atoms with Gasteiger partial charge >= 0.3 is 19.5 Å². The molecular formula is C15H21O6Ru-. The molecule has 0 radical (unpaired) electrons. The molecule has 0 aromatic heterocycles. The van der Waals surface area contributed by atoms with Gasteiger partial charge in [-0.3, -0.25) is 14.4 Å². The quantitative estimate of drug-likeness (QED) is 0.360. The maximum absolute atomic E-state index is 9.98. The van der Waals surface area contributed by atoms with E-state index in [2.05, 4.69) is 0 Å². The minimum Gasteiger partial charge on any atom is -0.876 e. The van der Waals surface area contributed by atoms with Gasteiger partial charge in [0.1, 0.15) is 0 Å². The predicted octanol–water partition coefficient (Wildman–Crippen LogP) is -0.484. The third kappa shape index (κ3) is 51.7. The molecule has 0 spiro atoms. The zero-order chi connectivity index (χ0) is 17.6. The molecule has 0 unspecified atom stereocenters. The van der Waals surface area contributed by atoms with Crippen molar-refractivity contribution in [2.75, 3.05) is 0 Å². The number of carbonyl (C=O) groups excluding carboxylic acids is 3. The minimum atomic E-state index is -0.187. The predicted molar refractivity (Wildman–Crippen MR) is 73.3 cm³/mol. The number of hydrogen-bond donors (Lipinski definition) is 0. The first-order valence-corrected chi connectivity index (χ1v) is 5.96. The maximum Gasteiger partial charge on any atom is 2.00 e. The summed E-state index contributed by atoms with van der Waals surface area (Å²) in [6.45, 7) is 8.09. The van der Waals surface area contributed by atoms with Gasteiger partial charge in [-0.1, -0.05) is 20.8 Å². The molecule has 126 valence electrons. The van der Waals surface area contributed by atoms with Gasteiger partial charge in [0.15, 0.2) is 17.3 Å². The molecule has 6 nitrogen and oxygen atoms in total. The van der Waals surface area contributed by atoms with Crippen molar-refractivity contribution in [3.8, 4) is 0 Å². The summed E-state index contributed by atoms with van der Waals surface area (Å²) in [6, 6.07) is 0. The largest absolute Gasteiger partial charge is 2.00 e. The Hall–Kier alpha value is -1.75. The Morgan fingerprint density at radius 2 is 0.682 bits per heavy atom. The molecule has 0 aliphatic heterocycles. The fraction of sp³-hybridized carbons (Fsp3) is 0.400. The van der Waals surface area contributed by atoms with Crippen molar-refractivity contribution in [2.45, 2.75) is 41.5 Å². The van der Waals surface area contributed by atoms with E-state index < -0.39 is 0 Å². The third-order valence-corrected chi connectivity index (χ3v) is 1.22. The van der Waals surface area contributed by atoms with Gasteiger partial charge in [-0.25, -0.2) is 0 Å². The van der Waals surface area contributed by atoms with E-state index in [1.165, 1.54) is 41.5 Å². The summed E-state index contributed by atoms with van der Waals surface area (Å²) in [4.78, 5) is 29.9. The van der Waals surface area contributed by atoms with Crippen molar-refractivity contribution >= 4 is 17.3 Å². The maximum atomic E-state index is 9.98. The SMILES string of the molecule is CC(=O)/C=C(/C)[O-].CC(=O)/C=C(/C)[O-].CC(=O)/C=C(/C)[O-].[Ru+2]. The molecule has 0 aliphatic rings. The van der Waals surface area contributed by atoms with Gasteiger partial charge in [0.2, 0.25) is 0 Å². The topological polar surface area (TPSA) is 120 Å². The fourth-order valence-corrected chi connectivity index (χ4v) is 0.859. The van der Waals surface area contributed by atoms with Crippen LogP contribution in [0.2, 0.25) is 0 Å². The van der Waals surface area contributed by atoms with Crippen LogP contribution in [0, 0.1) is 0 Å². The van der Waals surface area contributed by atoms with Crippen LogP contribution in [0.1, 0.15) is 41.5 Å². The zero-order valence-electron chi connectivity index (χ0n) is 13.5. The van der Waals surface area contributed by atoms with Gasteiger partial charge in [0.25, 0.3) is 0 Å². The molecule has 0 N–H and O–H groups in total. The van der Waals surface area contributed by atoms with Crippen molar-refractivity contribution < 1.29 is 49.2 Å².